The minimum Gasteiger partial charge on any atom is -0.410 e. The highest BCUT2D eigenvalue weighted by Gasteiger charge is 2.29. The summed E-state index contributed by atoms with van der Waals surface area (Å²) >= 11 is 1.71. The Morgan fingerprint density at radius 1 is 1.21 bits per heavy atom. The van der Waals surface area contributed by atoms with E-state index < -0.39 is 6.09 Å². The van der Waals surface area contributed by atoms with E-state index in [1.54, 1.807) is 23.5 Å². The number of ether oxygens (including phenoxy) is 2. The van der Waals surface area contributed by atoms with Crippen LogP contribution in [0.2, 0.25) is 0 Å². The van der Waals surface area contributed by atoms with E-state index in [9.17, 15) is 4.79 Å². The van der Waals surface area contributed by atoms with Gasteiger partial charge in [-0.1, -0.05) is 24.3 Å². The van der Waals surface area contributed by atoms with Crippen LogP contribution in [-0.2, 0) is 4.74 Å². The zero-order chi connectivity index (χ0) is 16.8. The first kappa shape index (κ1) is 17.0. The molecule has 0 aliphatic carbocycles. The zero-order valence-corrected chi connectivity index (χ0v) is 14.5. The second kappa shape index (κ2) is 8.28. The molecule has 6 heteroatoms. The predicted molar refractivity (Wildman–Crippen MR) is 94.5 cm³/mol. The highest BCUT2D eigenvalue weighted by molar-refractivity contribution is 7.10. The van der Waals surface area contributed by atoms with E-state index in [0.717, 1.165) is 26.3 Å². The molecular weight excluding hydrogens is 324 g/mol. The lowest BCUT2D eigenvalue weighted by atomic mass is 10.1. The van der Waals surface area contributed by atoms with Gasteiger partial charge in [-0.2, -0.15) is 0 Å². The molecule has 2 aromatic rings. The summed E-state index contributed by atoms with van der Waals surface area (Å²) < 4.78 is 10.8. The van der Waals surface area contributed by atoms with Crippen molar-refractivity contribution < 1.29 is 14.3 Å². The normalized spacial score (nSPS) is 17.9. The molecule has 1 aromatic carbocycles. The van der Waals surface area contributed by atoms with Gasteiger partial charge in [0.2, 0.25) is 0 Å². The molecule has 1 saturated heterocycles. The molecule has 0 bridgehead atoms. The van der Waals surface area contributed by atoms with Crippen LogP contribution in [0.4, 0.5) is 4.79 Å². The van der Waals surface area contributed by atoms with E-state index in [1.165, 1.54) is 4.88 Å². The minimum atomic E-state index is -0.427. The topological polar surface area (TPSA) is 50.8 Å². The van der Waals surface area contributed by atoms with Crippen LogP contribution >= 0.6 is 11.3 Å². The summed E-state index contributed by atoms with van der Waals surface area (Å²) in [6, 6.07) is 13.3. The third-order valence-corrected chi connectivity index (χ3v) is 4.99. The third kappa shape index (κ3) is 4.35. The van der Waals surface area contributed by atoms with E-state index >= 15 is 0 Å². The Morgan fingerprint density at radius 3 is 2.62 bits per heavy atom. The summed E-state index contributed by atoms with van der Waals surface area (Å²) in [5.41, 5.74) is 0. The molecule has 1 amide bonds. The Bertz CT molecular complexity index is 627. The molecule has 0 unspecified atom stereocenters. The SMILES string of the molecule is C[C@@H](NC(=O)Oc1ccccc1)[C@H](c1cccs1)N1CCOCC1. The summed E-state index contributed by atoms with van der Waals surface area (Å²) in [4.78, 5) is 15.8. The van der Waals surface area contributed by atoms with Crippen LogP contribution < -0.4 is 10.1 Å². The molecule has 24 heavy (non-hydrogen) atoms. The van der Waals surface area contributed by atoms with E-state index in [1.807, 2.05) is 31.2 Å². The van der Waals surface area contributed by atoms with Crippen LogP contribution in [0.25, 0.3) is 0 Å². The van der Waals surface area contributed by atoms with Crippen molar-refractivity contribution in [2.24, 2.45) is 0 Å². The van der Waals surface area contributed by atoms with Crippen LogP contribution in [0.3, 0.4) is 0 Å². The summed E-state index contributed by atoms with van der Waals surface area (Å²) in [5, 5.41) is 5.04. The number of hydrogen-bond acceptors (Lipinski definition) is 5. The smallest absolute Gasteiger partial charge is 0.410 e. The van der Waals surface area contributed by atoms with Crippen molar-refractivity contribution in [1.82, 2.24) is 10.2 Å². The first-order chi connectivity index (χ1) is 11.7. The van der Waals surface area contributed by atoms with Gasteiger partial charge in [-0.15, -0.1) is 11.3 Å². The third-order valence-electron chi connectivity index (χ3n) is 4.05. The van der Waals surface area contributed by atoms with E-state index in [4.69, 9.17) is 9.47 Å². The Balaban J connectivity index is 1.66. The maximum atomic E-state index is 12.2. The Labute approximate surface area is 146 Å². The minimum absolute atomic E-state index is 0.0713. The van der Waals surface area contributed by atoms with Gasteiger partial charge in [0.05, 0.1) is 19.3 Å². The number of amides is 1. The largest absolute Gasteiger partial charge is 0.412 e. The Kier molecular flexibility index (Phi) is 5.85. The van der Waals surface area contributed by atoms with E-state index in [0.29, 0.717) is 5.75 Å². The van der Waals surface area contributed by atoms with Gasteiger partial charge in [0.15, 0.2) is 0 Å². The zero-order valence-electron chi connectivity index (χ0n) is 13.7. The summed E-state index contributed by atoms with van der Waals surface area (Å²) in [7, 11) is 0. The second-order valence-corrected chi connectivity index (χ2v) is 6.72. The molecule has 0 spiro atoms. The fourth-order valence-electron chi connectivity index (χ4n) is 2.95. The Morgan fingerprint density at radius 2 is 1.96 bits per heavy atom. The van der Waals surface area contributed by atoms with Crippen molar-refractivity contribution in [2.75, 3.05) is 26.3 Å². The van der Waals surface area contributed by atoms with Gasteiger partial charge in [-0.05, 0) is 30.5 Å². The van der Waals surface area contributed by atoms with Crippen LogP contribution in [0, 0.1) is 0 Å². The quantitative estimate of drug-likeness (QED) is 0.902. The lowest BCUT2D eigenvalue weighted by Crippen LogP contribution is -2.48. The standard InChI is InChI=1S/C18H22N2O3S/c1-14(19-18(21)23-15-6-3-2-4-7-15)17(16-8-5-13-24-16)20-9-11-22-12-10-20/h2-8,13-14,17H,9-12H2,1H3,(H,19,21)/t14-,17-/m1/s1. The molecule has 2 heterocycles. The van der Waals surface area contributed by atoms with E-state index in [2.05, 4.69) is 21.7 Å². The maximum Gasteiger partial charge on any atom is 0.412 e. The van der Waals surface area contributed by atoms with Gasteiger partial charge in [0.25, 0.3) is 0 Å². The molecule has 0 radical (unpaired) electrons. The maximum absolute atomic E-state index is 12.2. The summed E-state index contributed by atoms with van der Waals surface area (Å²) in [6.45, 7) is 5.20. The van der Waals surface area contributed by atoms with Crippen LogP contribution in [0.5, 0.6) is 5.75 Å². The molecule has 1 N–H and O–H groups in total. The van der Waals surface area contributed by atoms with Gasteiger partial charge < -0.3 is 14.8 Å². The lowest BCUT2D eigenvalue weighted by molar-refractivity contribution is 0.00997. The van der Waals surface area contributed by atoms with E-state index in [-0.39, 0.29) is 12.1 Å². The van der Waals surface area contributed by atoms with Gasteiger partial charge in [-0.3, -0.25) is 4.90 Å². The number of carbonyl (C=O) groups is 1. The van der Waals surface area contributed by atoms with Crippen molar-refractivity contribution in [3.63, 3.8) is 0 Å². The van der Waals surface area contributed by atoms with Crippen LogP contribution in [0.15, 0.2) is 47.8 Å². The van der Waals surface area contributed by atoms with Crippen molar-refractivity contribution in [3.05, 3.63) is 52.7 Å². The highest BCUT2D eigenvalue weighted by Crippen LogP contribution is 2.29. The number of morpholine rings is 1. The highest BCUT2D eigenvalue weighted by atomic mass is 32.1. The van der Waals surface area contributed by atoms with Gasteiger partial charge >= 0.3 is 6.09 Å². The lowest BCUT2D eigenvalue weighted by Gasteiger charge is -2.37. The molecule has 128 valence electrons. The van der Waals surface area contributed by atoms with Gasteiger partial charge in [0, 0.05) is 24.0 Å². The van der Waals surface area contributed by atoms with Crippen molar-refractivity contribution in [1.29, 1.82) is 0 Å². The molecule has 0 saturated carbocycles. The molecular formula is C18H22N2O3S. The fraction of sp³-hybridized carbons (Fsp3) is 0.389. The molecule has 1 aliphatic heterocycles. The average molecular weight is 346 g/mol. The predicted octanol–water partition coefficient (Wildman–Crippen LogP) is 3.30. The van der Waals surface area contributed by atoms with Gasteiger partial charge in [0.1, 0.15) is 5.75 Å². The number of para-hydroxylation sites is 1. The first-order valence-corrected chi connectivity index (χ1v) is 9.00. The van der Waals surface area contributed by atoms with Crippen LogP contribution in [0.1, 0.15) is 17.8 Å². The monoisotopic (exact) mass is 346 g/mol. The molecule has 1 aliphatic rings. The molecule has 3 rings (SSSR count). The Hall–Kier alpha value is -1.89. The second-order valence-electron chi connectivity index (χ2n) is 5.74. The number of hydrogen-bond donors (Lipinski definition) is 1. The van der Waals surface area contributed by atoms with Crippen molar-refractivity contribution in [3.8, 4) is 5.75 Å². The number of nitrogens with zero attached hydrogens (tertiary/aromatic N) is 1. The number of rotatable bonds is 5. The number of nitrogens with one attached hydrogen (secondary N) is 1. The number of carbonyl (C=O) groups excluding carboxylic acids is 1. The fourth-order valence-corrected chi connectivity index (χ4v) is 3.91. The molecule has 1 aromatic heterocycles. The van der Waals surface area contributed by atoms with Crippen molar-refractivity contribution in [2.45, 2.75) is 19.0 Å². The van der Waals surface area contributed by atoms with Crippen molar-refractivity contribution >= 4 is 17.4 Å². The summed E-state index contributed by atoms with van der Waals surface area (Å²) in [5.74, 6) is 0.543. The molecule has 1 fully saturated rings. The average Bonchev–Trinajstić information content (AvgIpc) is 3.11. The first-order valence-electron chi connectivity index (χ1n) is 8.12. The summed E-state index contributed by atoms with van der Waals surface area (Å²) in [6.07, 6.45) is -0.427. The number of thiophene rings is 1. The molecule has 5 nitrogen and oxygen atoms in total. The molecule has 2 atom stereocenters. The van der Waals surface area contributed by atoms with Crippen LogP contribution in [-0.4, -0.2) is 43.3 Å². The van der Waals surface area contributed by atoms with Gasteiger partial charge in [-0.25, -0.2) is 4.79 Å². The number of benzene rings is 1.